The summed E-state index contributed by atoms with van der Waals surface area (Å²) in [5, 5.41) is 3.00. The Bertz CT molecular complexity index is 960. The number of hydrogen-bond donors (Lipinski definition) is 1. The van der Waals surface area contributed by atoms with Crippen LogP contribution in [0, 0.1) is 0 Å². The van der Waals surface area contributed by atoms with E-state index in [9.17, 15) is 4.79 Å². The van der Waals surface area contributed by atoms with Gasteiger partial charge < -0.3 is 19.5 Å². The van der Waals surface area contributed by atoms with Crippen LogP contribution in [0.4, 0.5) is 10.5 Å². The van der Waals surface area contributed by atoms with Crippen LogP contribution in [0.1, 0.15) is 38.3 Å². The Kier molecular flexibility index (Phi) is 7.34. The van der Waals surface area contributed by atoms with Crippen molar-refractivity contribution in [2.45, 2.75) is 45.7 Å². The van der Waals surface area contributed by atoms with Crippen molar-refractivity contribution in [3.63, 3.8) is 0 Å². The predicted octanol–water partition coefficient (Wildman–Crippen LogP) is 5.31. The molecule has 2 aromatic carbocycles. The zero-order valence-corrected chi connectivity index (χ0v) is 18.8. The van der Waals surface area contributed by atoms with Gasteiger partial charge in [-0.2, -0.15) is 0 Å². The lowest BCUT2D eigenvalue weighted by Gasteiger charge is -2.25. The molecule has 0 radical (unpaired) electrons. The molecule has 0 saturated carbocycles. The van der Waals surface area contributed by atoms with E-state index < -0.39 is 0 Å². The molecule has 3 aromatic rings. The maximum Gasteiger partial charge on any atom is 0.322 e. The molecule has 0 saturated heterocycles. The van der Waals surface area contributed by atoms with Gasteiger partial charge in [-0.15, -0.1) is 0 Å². The smallest absolute Gasteiger partial charge is 0.322 e. The van der Waals surface area contributed by atoms with Crippen LogP contribution in [0.15, 0.2) is 67.3 Å². The summed E-state index contributed by atoms with van der Waals surface area (Å²) in [5.41, 5.74) is 3.15. The Morgan fingerprint density at radius 1 is 1.13 bits per heavy atom. The third kappa shape index (κ3) is 6.35. The third-order valence-electron chi connectivity index (χ3n) is 5.23. The minimum absolute atomic E-state index is 0.101. The summed E-state index contributed by atoms with van der Waals surface area (Å²) in [4.78, 5) is 19.1. The highest BCUT2D eigenvalue weighted by Crippen LogP contribution is 2.25. The van der Waals surface area contributed by atoms with Gasteiger partial charge in [-0.3, -0.25) is 0 Å². The molecule has 0 bridgehead atoms. The Labute approximate surface area is 184 Å². The van der Waals surface area contributed by atoms with Crippen molar-refractivity contribution in [2.24, 2.45) is 0 Å². The van der Waals surface area contributed by atoms with E-state index in [-0.39, 0.29) is 11.4 Å². The maximum atomic E-state index is 13.1. The number of imidazole rings is 1. The second-order valence-electron chi connectivity index (χ2n) is 8.65. The van der Waals surface area contributed by atoms with Gasteiger partial charge in [0, 0.05) is 32.0 Å². The molecule has 0 unspecified atom stereocenters. The molecule has 0 aliphatic heterocycles. The first-order chi connectivity index (χ1) is 14.9. The van der Waals surface area contributed by atoms with Crippen LogP contribution in [-0.4, -0.2) is 34.1 Å². The summed E-state index contributed by atoms with van der Waals surface area (Å²) in [6, 6.07) is 15.8. The number of carbonyl (C=O) groups excluding carboxylic acids is 1. The first kappa shape index (κ1) is 22.4. The number of ether oxygens (including phenoxy) is 1. The molecule has 164 valence electrons. The van der Waals surface area contributed by atoms with E-state index in [1.165, 1.54) is 5.56 Å². The highest BCUT2D eigenvalue weighted by atomic mass is 16.5. The zero-order valence-electron chi connectivity index (χ0n) is 18.8. The Morgan fingerprint density at radius 2 is 1.87 bits per heavy atom. The molecule has 1 N–H and O–H groups in total. The molecule has 6 nitrogen and oxygen atoms in total. The monoisotopic (exact) mass is 420 g/mol. The lowest BCUT2D eigenvalue weighted by Crippen LogP contribution is -2.35. The standard InChI is InChI=1S/C25H32N4O2/c1-25(2,3)21-12-10-20(11-13-21)18-29(16-7-15-28-17-14-26-19-28)24(30)27-22-8-5-6-9-23(22)31-4/h5-6,8-14,17,19H,7,15-16,18H2,1-4H3,(H,27,30). The summed E-state index contributed by atoms with van der Waals surface area (Å²) >= 11 is 0. The first-order valence-corrected chi connectivity index (χ1v) is 10.6. The van der Waals surface area contributed by atoms with E-state index in [1.54, 1.807) is 19.6 Å². The van der Waals surface area contributed by atoms with Crippen molar-refractivity contribution in [3.05, 3.63) is 78.4 Å². The molecule has 0 aliphatic rings. The number of nitrogens with zero attached hydrogens (tertiary/aromatic N) is 3. The summed E-state index contributed by atoms with van der Waals surface area (Å²) < 4.78 is 7.40. The maximum absolute atomic E-state index is 13.1. The molecule has 1 heterocycles. The molecule has 0 atom stereocenters. The number of anilines is 1. The zero-order chi connectivity index (χ0) is 22.3. The van der Waals surface area contributed by atoms with Gasteiger partial charge in [-0.25, -0.2) is 9.78 Å². The second-order valence-corrected chi connectivity index (χ2v) is 8.65. The fourth-order valence-electron chi connectivity index (χ4n) is 3.39. The number of amides is 2. The van der Waals surface area contributed by atoms with Gasteiger partial charge in [-0.1, -0.05) is 57.2 Å². The quantitative estimate of drug-likeness (QED) is 0.537. The van der Waals surface area contributed by atoms with E-state index in [0.29, 0.717) is 24.5 Å². The van der Waals surface area contributed by atoms with Crippen molar-refractivity contribution >= 4 is 11.7 Å². The molecule has 0 aliphatic carbocycles. The number of urea groups is 1. The number of carbonyl (C=O) groups is 1. The fourth-order valence-corrected chi connectivity index (χ4v) is 3.39. The third-order valence-corrected chi connectivity index (χ3v) is 5.23. The van der Waals surface area contributed by atoms with Crippen LogP contribution in [0.3, 0.4) is 0 Å². The Hall–Kier alpha value is -3.28. The predicted molar refractivity (Wildman–Crippen MR) is 124 cm³/mol. The average molecular weight is 421 g/mol. The molecular formula is C25H32N4O2. The van der Waals surface area contributed by atoms with Crippen LogP contribution < -0.4 is 10.1 Å². The lowest BCUT2D eigenvalue weighted by atomic mass is 9.87. The van der Waals surface area contributed by atoms with E-state index in [2.05, 4.69) is 55.3 Å². The summed E-state index contributed by atoms with van der Waals surface area (Å²) in [6.45, 7) is 8.57. The normalized spacial score (nSPS) is 11.2. The number of nitrogens with one attached hydrogen (secondary N) is 1. The minimum Gasteiger partial charge on any atom is -0.495 e. The van der Waals surface area contributed by atoms with E-state index in [4.69, 9.17) is 4.74 Å². The molecule has 0 spiro atoms. The van der Waals surface area contributed by atoms with Gasteiger partial charge in [0.2, 0.25) is 0 Å². The Balaban J connectivity index is 1.72. The molecule has 3 rings (SSSR count). The van der Waals surface area contributed by atoms with Crippen molar-refractivity contribution in [1.82, 2.24) is 14.5 Å². The van der Waals surface area contributed by atoms with Crippen LogP contribution in [-0.2, 0) is 18.5 Å². The van der Waals surface area contributed by atoms with Gasteiger partial charge in [0.1, 0.15) is 5.75 Å². The first-order valence-electron chi connectivity index (χ1n) is 10.6. The average Bonchev–Trinajstić information content (AvgIpc) is 3.26. The van der Waals surface area contributed by atoms with Crippen molar-refractivity contribution in [2.75, 3.05) is 19.0 Å². The number of methoxy groups -OCH3 is 1. The minimum atomic E-state index is -0.143. The molecule has 31 heavy (non-hydrogen) atoms. The van der Waals surface area contributed by atoms with Crippen molar-refractivity contribution in [1.29, 1.82) is 0 Å². The summed E-state index contributed by atoms with van der Waals surface area (Å²) in [5.74, 6) is 0.642. The van der Waals surface area contributed by atoms with Gasteiger partial charge in [0.05, 0.1) is 19.1 Å². The van der Waals surface area contributed by atoms with E-state index >= 15 is 0 Å². The van der Waals surface area contributed by atoms with Crippen LogP contribution in [0.2, 0.25) is 0 Å². The fraction of sp³-hybridized carbons (Fsp3) is 0.360. The Morgan fingerprint density at radius 3 is 2.52 bits per heavy atom. The molecular weight excluding hydrogens is 388 g/mol. The van der Waals surface area contributed by atoms with Crippen LogP contribution in [0.25, 0.3) is 0 Å². The number of hydrogen-bond acceptors (Lipinski definition) is 3. The topological polar surface area (TPSA) is 59.4 Å². The van der Waals surface area contributed by atoms with E-state index in [1.807, 2.05) is 39.9 Å². The van der Waals surface area contributed by atoms with Crippen LogP contribution in [0.5, 0.6) is 5.75 Å². The molecule has 6 heteroatoms. The molecule has 0 fully saturated rings. The van der Waals surface area contributed by atoms with Crippen LogP contribution >= 0.6 is 0 Å². The lowest BCUT2D eigenvalue weighted by molar-refractivity contribution is 0.207. The number of para-hydroxylation sites is 2. The number of aromatic nitrogens is 2. The number of aryl methyl sites for hydroxylation is 1. The van der Waals surface area contributed by atoms with Gasteiger partial charge >= 0.3 is 6.03 Å². The number of rotatable bonds is 8. The largest absolute Gasteiger partial charge is 0.495 e. The summed E-state index contributed by atoms with van der Waals surface area (Å²) in [6.07, 6.45) is 6.33. The summed E-state index contributed by atoms with van der Waals surface area (Å²) in [7, 11) is 1.60. The van der Waals surface area contributed by atoms with Gasteiger partial charge in [-0.05, 0) is 35.1 Å². The SMILES string of the molecule is COc1ccccc1NC(=O)N(CCCn1ccnc1)Cc1ccc(C(C)(C)C)cc1. The molecule has 2 amide bonds. The second kappa shape index (κ2) is 10.2. The molecule has 1 aromatic heterocycles. The highest BCUT2D eigenvalue weighted by Gasteiger charge is 2.17. The highest BCUT2D eigenvalue weighted by molar-refractivity contribution is 5.91. The van der Waals surface area contributed by atoms with Gasteiger partial charge in [0.15, 0.2) is 0 Å². The van der Waals surface area contributed by atoms with Gasteiger partial charge in [0.25, 0.3) is 0 Å². The van der Waals surface area contributed by atoms with Crippen molar-refractivity contribution in [3.8, 4) is 5.75 Å². The number of benzene rings is 2. The van der Waals surface area contributed by atoms with E-state index in [0.717, 1.165) is 18.5 Å². The van der Waals surface area contributed by atoms with Crippen molar-refractivity contribution < 1.29 is 9.53 Å².